The standard InChI is InChI=1S/C13H18N4O5/c1-12(15-4-6-21-7-5-15)8-13(18)10(16(12)19)3-2-9-11(13)14-22-17(9)20/h18H,2-8H2,1H3/t12-,13+/m0/s1. The van der Waals surface area contributed by atoms with Crippen LogP contribution in [-0.2, 0) is 16.8 Å². The van der Waals surface area contributed by atoms with Crippen LogP contribution in [0.3, 0.4) is 0 Å². The Labute approximate surface area is 126 Å². The molecule has 9 heteroatoms. The average Bonchev–Trinajstić information content (AvgIpc) is 2.99. The maximum atomic E-state index is 12.9. The van der Waals surface area contributed by atoms with Crippen LogP contribution in [0.15, 0.2) is 4.63 Å². The first-order valence-electron chi connectivity index (χ1n) is 7.45. The van der Waals surface area contributed by atoms with Crippen LogP contribution in [-0.4, -0.2) is 57.6 Å². The van der Waals surface area contributed by atoms with E-state index in [4.69, 9.17) is 4.74 Å². The summed E-state index contributed by atoms with van der Waals surface area (Å²) in [5.41, 5.74) is -1.54. The average molecular weight is 310 g/mol. The molecule has 0 radical (unpaired) electrons. The van der Waals surface area contributed by atoms with Crippen LogP contribution in [0.5, 0.6) is 0 Å². The molecule has 4 rings (SSSR count). The Morgan fingerprint density at radius 3 is 2.73 bits per heavy atom. The monoisotopic (exact) mass is 310 g/mol. The fourth-order valence-electron chi connectivity index (χ4n) is 3.96. The Hall–Kier alpha value is -1.71. The maximum absolute atomic E-state index is 12.9. The Balaban J connectivity index is 1.78. The minimum Gasteiger partial charge on any atom is -0.622 e. The zero-order valence-corrected chi connectivity index (χ0v) is 12.3. The van der Waals surface area contributed by atoms with Gasteiger partial charge in [0.15, 0.2) is 0 Å². The van der Waals surface area contributed by atoms with Gasteiger partial charge in [-0.05, 0) is 4.90 Å². The van der Waals surface area contributed by atoms with E-state index in [1.54, 1.807) is 0 Å². The molecule has 22 heavy (non-hydrogen) atoms. The Morgan fingerprint density at radius 1 is 1.27 bits per heavy atom. The molecular weight excluding hydrogens is 292 g/mol. The molecule has 2 aliphatic heterocycles. The Bertz CT molecular complexity index is 653. The first-order valence-corrected chi connectivity index (χ1v) is 7.45. The van der Waals surface area contributed by atoms with E-state index in [0.29, 0.717) is 55.5 Å². The van der Waals surface area contributed by atoms with Crippen molar-refractivity contribution in [3.05, 3.63) is 21.8 Å². The quantitative estimate of drug-likeness (QED) is 0.514. The van der Waals surface area contributed by atoms with Gasteiger partial charge in [0, 0.05) is 38.0 Å². The van der Waals surface area contributed by atoms with E-state index in [1.807, 2.05) is 11.8 Å². The summed E-state index contributed by atoms with van der Waals surface area (Å²) < 4.78 is 10.9. The number of ether oxygens (including phenoxy) is 1. The van der Waals surface area contributed by atoms with Gasteiger partial charge in [-0.15, -0.1) is 0 Å². The second kappa shape index (κ2) is 4.40. The number of rotatable bonds is 1. The third-order valence-electron chi connectivity index (χ3n) is 5.13. The summed E-state index contributed by atoms with van der Waals surface area (Å²) in [4.78, 5) is 2.35. The highest BCUT2D eigenvalue weighted by Gasteiger charge is 2.65. The number of aromatic nitrogens is 2. The molecule has 9 nitrogen and oxygen atoms in total. The van der Waals surface area contributed by atoms with Crippen LogP contribution >= 0.6 is 0 Å². The van der Waals surface area contributed by atoms with E-state index < -0.39 is 11.3 Å². The van der Waals surface area contributed by atoms with E-state index in [1.165, 1.54) is 0 Å². The molecule has 1 saturated heterocycles. The summed E-state index contributed by atoms with van der Waals surface area (Å²) in [5.74, 6) is 0. The topological polar surface area (TPSA) is 112 Å². The fraction of sp³-hybridized carbons (Fsp3) is 0.769. The summed E-state index contributed by atoms with van der Waals surface area (Å²) >= 11 is 0. The molecule has 1 fully saturated rings. The van der Waals surface area contributed by atoms with Gasteiger partial charge in [0.25, 0.3) is 5.69 Å². The Kier molecular flexibility index (Phi) is 2.78. The zero-order chi connectivity index (χ0) is 15.5. The molecule has 3 aliphatic rings. The maximum Gasteiger partial charge on any atom is 0.263 e. The number of hydroxylamine groups is 1. The number of hydrogen-bond donors (Lipinski definition) is 1. The summed E-state index contributed by atoms with van der Waals surface area (Å²) in [6.45, 7) is 4.21. The highest BCUT2D eigenvalue weighted by molar-refractivity contribution is 5.92. The predicted octanol–water partition coefficient (Wildman–Crippen LogP) is -1.15. The minimum absolute atomic E-state index is 0.165. The molecule has 3 heterocycles. The lowest BCUT2D eigenvalue weighted by molar-refractivity contribution is -0.808. The molecule has 0 aromatic carbocycles. The SMILES string of the molecule is C[C@@]1(N2CCOCC2)C[C@@]2(O)C(=[N+]1[O-])CCc1c2no[n+]1[O-]. The normalized spacial score (nSPS) is 35.5. The van der Waals surface area contributed by atoms with Gasteiger partial charge in [-0.1, -0.05) is 0 Å². The molecule has 0 amide bonds. The minimum atomic E-state index is -1.53. The van der Waals surface area contributed by atoms with Crippen LogP contribution in [0.1, 0.15) is 31.2 Å². The first-order chi connectivity index (χ1) is 10.5. The number of aliphatic hydroxyl groups is 1. The summed E-state index contributed by atoms with van der Waals surface area (Å²) in [6.07, 6.45) is 0.840. The van der Waals surface area contributed by atoms with Gasteiger partial charge >= 0.3 is 0 Å². The lowest BCUT2D eigenvalue weighted by Crippen LogP contribution is -2.55. The van der Waals surface area contributed by atoms with Gasteiger partial charge in [-0.2, -0.15) is 4.74 Å². The molecule has 1 aliphatic carbocycles. The molecule has 2 atom stereocenters. The molecule has 1 N–H and O–H groups in total. The molecule has 0 saturated carbocycles. The summed E-state index contributed by atoms with van der Waals surface area (Å²) in [6, 6.07) is 0. The highest BCUT2D eigenvalue weighted by Crippen LogP contribution is 2.45. The third kappa shape index (κ3) is 1.61. The largest absolute Gasteiger partial charge is 0.622 e. The number of fused-ring (bicyclic) bond motifs is 3. The van der Waals surface area contributed by atoms with Crippen molar-refractivity contribution >= 4 is 5.71 Å². The highest BCUT2D eigenvalue weighted by atomic mass is 16.8. The smallest absolute Gasteiger partial charge is 0.263 e. The lowest BCUT2D eigenvalue weighted by atomic mass is 9.81. The lowest BCUT2D eigenvalue weighted by Gasteiger charge is -2.38. The van der Waals surface area contributed by atoms with Gasteiger partial charge in [0.1, 0.15) is 0 Å². The molecule has 0 spiro atoms. The van der Waals surface area contributed by atoms with Crippen LogP contribution in [0.4, 0.5) is 0 Å². The van der Waals surface area contributed by atoms with Gasteiger partial charge in [0.05, 0.1) is 19.6 Å². The van der Waals surface area contributed by atoms with Crippen LogP contribution < -0.4 is 4.90 Å². The van der Waals surface area contributed by atoms with Crippen LogP contribution in [0, 0.1) is 10.4 Å². The van der Waals surface area contributed by atoms with Crippen molar-refractivity contribution in [1.29, 1.82) is 0 Å². The van der Waals surface area contributed by atoms with Crippen molar-refractivity contribution in [3.63, 3.8) is 0 Å². The van der Waals surface area contributed by atoms with Gasteiger partial charge in [0.2, 0.25) is 22.7 Å². The molecule has 1 aromatic heterocycles. The zero-order valence-electron chi connectivity index (χ0n) is 12.3. The van der Waals surface area contributed by atoms with E-state index in [9.17, 15) is 15.5 Å². The van der Waals surface area contributed by atoms with E-state index in [-0.39, 0.29) is 12.1 Å². The number of morpholine rings is 1. The van der Waals surface area contributed by atoms with Crippen molar-refractivity contribution in [2.45, 2.75) is 37.5 Å². The van der Waals surface area contributed by atoms with E-state index in [2.05, 4.69) is 9.79 Å². The molecule has 120 valence electrons. The van der Waals surface area contributed by atoms with Gasteiger partial charge < -0.3 is 20.3 Å². The summed E-state index contributed by atoms with van der Waals surface area (Å²) in [7, 11) is 0. The van der Waals surface area contributed by atoms with E-state index >= 15 is 0 Å². The summed E-state index contributed by atoms with van der Waals surface area (Å²) in [5, 5.41) is 39.3. The van der Waals surface area contributed by atoms with Crippen molar-refractivity contribution in [3.8, 4) is 0 Å². The molecular formula is C13H18N4O5. The van der Waals surface area contributed by atoms with Gasteiger partial charge in [-0.3, -0.25) is 4.63 Å². The number of hydrogen-bond acceptors (Lipinski definition) is 7. The number of nitrogens with zero attached hydrogens (tertiary/aromatic N) is 4. The first kappa shape index (κ1) is 13.9. The molecule has 1 aromatic rings. The third-order valence-corrected chi connectivity index (χ3v) is 5.13. The Morgan fingerprint density at radius 2 is 2.00 bits per heavy atom. The van der Waals surface area contributed by atoms with Crippen LogP contribution in [0.2, 0.25) is 0 Å². The van der Waals surface area contributed by atoms with Crippen molar-refractivity contribution < 1.29 is 24.1 Å². The van der Waals surface area contributed by atoms with Gasteiger partial charge in [-0.25, -0.2) is 4.90 Å². The van der Waals surface area contributed by atoms with Crippen molar-refractivity contribution in [2.75, 3.05) is 26.3 Å². The second-order valence-electron chi connectivity index (χ2n) is 6.32. The van der Waals surface area contributed by atoms with Crippen LogP contribution in [0.25, 0.3) is 0 Å². The predicted molar refractivity (Wildman–Crippen MR) is 71.7 cm³/mol. The van der Waals surface area contributed by atoms with Crippen molar-refractivity contribution in [1.82, 2.24) is 10.1 Å². The van der Waals surface area contributed by atoms with Crippen molar-refractivity contribution in [2.24, 2.45) is 0 Å². The molecule has 0 unspecified atom stereocenters. The fourth-order valence-corrected chi connectivity index (χ4v) is 3.96. The second-order valence-corrected chi connectivity index (χ2v) is 6.32. The molecule has 0 bridgehead atoms. The van der Waals surface area contributed by atoms with E-state index in [0.717, 1.165) is 4.74 Å².